The van der Waals surface area contributed by atoms with Gasteiger partial charge in [0.05, 0.1) is 11.0 Å². The fourth-order valence-corrected chi connectivity index (χ4v) is 13.8. The second-order valence-electron chi connectivity index (χ2n) is 22.8. The summed E-state index contributed by atoms with van der Waals surface area (Å²) in [6, 6.07) is 112. The van der Waals surface area contributed by atoms with Crippen LogP contribution in [-0.4, -0.2) is 4.57 Å². The summed E-state index contributed by atoms with van der Waals surface area (Å²) >= 11 is 0. The Kier molecular flexibility index (Phi) is 11.3. The van der Waals surface area contributed by atoms with Gasteiger partial charge >= 0.3 is 0 Å². The molecular formula is C81H56N2. The largest absolute Gasteiger partial charge is 0.310 e. The Labute approximate surface area is 484 Å². The van der Waals surface area contributed by atoms with Crippen molar-refractivity contribution in [3.05, 3.63) is 314 Å². The van der Waals surface area contributed by atoms with Crippen molar-refractivity contribution in [2.75, 3.05) is 4.90 Å². The maximum atomic E-state index is 2.44. The van der Waals surface area contributed by atoms with Crippen LogP contribution in [0.4, 0.5) is 17.1 Å². The molecule has 14 aromatic carbocycles. The van der Waals surface area contributed by atoms with Crippen molar-refractivity contribution in [1.29, 1.82) is 0 Å². The molecule has 0 spiro atoms. The third-order valence-corrected chi connectivity index (χ3v) is 17.8. The van der Waals surface area contributed by atoms with E-state index in [1.54, 1.807) is 0 Å². The number of aromatic nitrogens is 1. The first kappa shape index (κ1) is 48.4. The molecule has 390 valence electrons. The van der Waals surface area contributed by atoms with Crippen molar-refractivity contribution in [3.63, 3.8) is 0 Å². The van der Waals surface area contributed by atoms with E-state index in [9.17, 15) is 0 Å². The predicted octanol–water partition coefficient (Wildman–Crippen LogP) is 22.4. The molecule has 1 heterocycles. The highest BCUT2D eigenvalue weighted by atomic mass is 15.1. The maximum Gasteiger partial charge on any atom is 0.0541 e. The Morgan fingerprint density at radius 1 is 0.265 bits per heavy atom. The van der Waals surface area contributed by atoms with Crippen LogP contribution >= 0.6 is 0 Å². The number of para-hydroxylation sites is 1. The molecule has 83 heavy (non-hydrogen) atoms. The van der Waals surface area contributed by atoms with Gasteiger partial charge in [0.15, 0.2) is 0 Å². The van der Waals surface area contributed by atoms with Gasteiger partial charge in [-0.25, -0.2) is 0 Å². The molecule has 16 rings (SSSR count). The molecule has 15 aromatic rings. The molecule has 1 aromatic heterocycles. The third-order valence-electron chi connectivity index (χ3n) is 17.8. The normalized spacial score (nSPS) is 12.6. The minimum atomic E-state index is -0.129. The number of anilines is 3. The first-order valence-corrected chi connectivity index (χ1v) is 28.9. The molecule has 0 bridgehead atoms. The van der Waals surface area contributed by atoms with E-state index < -0.39 is 0 Å². The van der Waals surface area contributed by atoms with Crippen molar-refractivity contribution >= 4 is 71.2 Å². The molecule has 0 unspecified atom stereocenters. The van der Waals surface area contributed by atoms with Gasteiger partial charge < -0.3 is 9.47 Å². The van der Waals surface area contributed by atoms with Crippen LogP contribution in [0.15, 0.2) is 303 Å². The molecule has 2 heteroatoms. The Bertz CT molecular complexity index is 4930. The molecule has 2 nitrogen and oxygen atoms in total. The minimum Gasteiger partial charge on any atom is -0.310 e. The van der Waals surface area contributed by atoms with E-state index in [4.69, 9.17) is 0 Å². The van der Waals surface area contributed by atoms with Gasteiger partial charge in [0.25, 0.3) is 0 Å². The highest BCUT2D eigenvalue weighted by molar-refractivity contribution is 6.18. The molecule has 0 saturated carbocycles. The quantitative estimate of drug-likeness (QED) is 0.140. The summed E-state index contributed by atoms with van der Waals surface area (Å²) in [5.41, 5.74) is 24.1. The number of nitrogens with zero attached hydrogens (tertiary/aromatic N) is 2. The number of hydrogen-bond acceptors (Lipinski definition) is 1. The molecule has 1 aliphatic carbocycles. The zero-order valence-electron chi connectivity index (χ0n) is 46.3. The van der Waals surface area contributed by atoms with E-state index in [1.165, 1.54) is 126 Å². The van der Waals surface area contributed by atoms with Gasteiger partial charge in [-0.3, -0.25) is 0 Å². The summed E-state index contributed by atoms with van der Waals surface area (Å²) in [5, 5.41) is 9.87. The molecule has 1 aliphatic rings. The van der Waals surface area contributed by atoms with Crippen LogP contribution in [0.1, 0.15) is 25.0 Å². The van der Waals surface area contributed by atoms with Crippen LogP contribution < -0.4 is 4.90 Å². The first-order valence-electron chi connectivity index (χ1n) is 28.9. The van der Waals surface area contributed by atoms with Gasteiger partial charge in [-0.05, 0) is 183 Å². The topological polar surface area (TPSA) is 8.17 Å². The standard InChI is InChI=1S/C81H56N2/c1-81(2)76-33-14-13-28-69(76)70-45-44-63(52-77(70)81)82(61-40-34-54(35-41-61)53-18-5-3-6-19-53)62-42-36-55(37-43-62)58-38-48-78-74(50-58)75-51-59(39-49-79(75)83(78)60-24-7-4-8-25-60)66-46-47-73(68-30-16-23-57-21-10-12-27-65(57)68)80-71(66)31-17-32-72(80)67-29-15-22-56-20-9-11-26-64(56)67/h3-52H,1-2H3. The van der Waals surface area contributed by atoms with Crippen LogP contribution in [0.25, 0.3) is 127 Å². The fourth-order valence-electron chi connectivity index (χ4n) is 13.8. The highest BCUT2D eigenvalue weighted by Gasteiger charge is 2.36. The van der Waals surface area contributed by atoms with Crippen molar-refractivity contribution in [1.82, 2.24) is 4.57 Å². The lowest BCUT2D eigenvalue weighted by molar-refractivity contribution is 0.660. The third kappa shape index (κ3) is 7.93. The number of rotatable bonds is 9. The minimum absolute atomic E-state index is 0.129. The smallest absolute Gasteiger partial charge is 0.0541 e. The number of benzene rings is 14. The molecule has 0 radical (unpaired) electrons. The van der Waals surface area contributed by atoms with Gasteiger partial charge in [-0.15, -0.1) is 0 Å². The summed E-state index contributed by atoms with van der Waals surface area (Å²) < 4.78 is 2.43. The molecular weight excluding hydrogens is 1000 g/mol. The Balaban J connectivity index is 0.842. The highest BCUT2D eigenvalue weighted by Crippen LogP contribution is 2.51. The molecule has 0 N–H and O–H groups in total. The lowest BCUT2D eigenvalue weighted by Crippen LogP contribution is -2.16. The summed E-state index contributed by atoms with van der Waals surface area (Å²) in [6.45, 7) is 4.72. The molecule has 0 saturated heterocycles. The van der Waals surface area contributed by atoms with Crippen molar-refractivity contribution in [3.8, 4) is 72.4 Å². The zero-order valence-corrected chi connectivity index (χ0v) is 46.3. The summed E-state index contributed by atoms with van der Waals surface area (Å²) in [4.78, 5) is 2.42. The number of hydrogen-bond donors (Lipinski definition) is 0. The van der Waals surface area contributed by atoms with Gasteiger partial charge in [0.2, 0.25) is 0 Å². The van der Waals surface area contributed by atoms with Crippen molar-refractivity contribution < 1.29 is 0 Å². The lowest BCUT2D eigenvalue weighted by Gasteiger charge is -2.28. The van der Waals surface area contributed by atoms with Gasteiger partial charge in [0, 0.05) is 38.9 Å². The van der Waals surface area contributed by atoms with Gasteiger partial charge in [-0.2, -0.15) is 0 Å². The lowest BCUT2D eigenvalue weighted by atomic mass is 9.82. The second kappa shape index (κ2) is 19.3. The average molecular weight is 1060 g/mol. The number of fused-ring (bicyclic) bond motifs is 9. The first-order chi connectivity index (χ1) is 40.9. The van der Waals surface area contributed by atoms with E-state index in [0.717, 1.165) is 28.3 Å². The van der Waals surface area contributed by atoms with E-state index in [0.29, 0.717) is 0 Å². The molecule has 0 fully saturated rings. The molecule has 0 amide bonds. The van der Waals surface area contributed by atoms with E-state index in [-0.39, 0.29) is 5.41 Å². The summed E-state index contributed by atoms with van der Waals surface area (Å²) in [5.74, 6) is 0. The maximum absolute atomic E-state index is 2.44. The van der Waals surface area contributed by atoms with Crippen LogP contribution in [0.2, 0.25) is 0 Å². The zero-order chi connectivity index (χ0) is 55.2. The Morgan fingerprint density at radius 2 is 0.699 bits per heavy atom. The van der Waals surface area contributed by atoms with Crippen LogP contribution in [-0.2, 0) is 5.41 Å². The Morgan fingerprint density at radius 3 is 1.37 bits per heavy atom. The summed E-state index contributed by atoms with van der Waals surface area (Å²) in [7, 11) is 0. The second-order valence-corrected chi connectivity index (χ2v) is 22.8. The van der Waals surface area contributed by atoms with Crippen LogP contribution in [0.3, 0.4) is 0 Å². The Hall–Kier alpha value is -10.5. The van der Waals surface area contributed by atoms with Gasteiger partial charge in [0.1, 0.15) is 0 Å². The van der Waals surface area contributed by atoms with E-state index in [2.05, 4.69) is 327 Å². The molecule has 0 atom stereocenters. The van der Waals surface area contributed by atoms with Crippen molar-refractivity contribution in [2.45, 2.75) is 19.3 Å². The van der Waals surface area contributed by atoms with Crippen LogP contribution in [0, 0.1) is 0 Å². The van der Waals surface area contributed by atoms with E-state index >= 15 is 0 Å². The van der Waals surface area contributed by atoms with E-state index in [1.807, 2.05) is 0 Å². The average Bonchev–Trinajstić information content (AvgIpc) is 2.99. The fraction of sp³-hybridized carbons (Fsp3) is 0.0370. The molecule has 0 aliphatic heterocycles. The van der Waals surface area contributed by atoms with Gasteiger partial charge in [-0.1, -0.05) is 244 Å². The monoisotopic (exact) mass is 1060 g/mol. The van der Waals surface area contributed by atoms with Crippen molar-refractivity contribution in [2.24, 2.45) is 0 Å². The SMILES string of the molecule is CC1(C)c2ccccc2-c2ccc(N(c3ccc(-c4ccccc4)cc3)c3ccc(-c4ccc5c(c4)c4cc(-c6ccc(-c7cccc8ccccc78)c7c(-c8cccc9ccccc89)cccc67)ccc4n5-c4ccccc4)cc3)cc21. The predicted molar refractivity (Wildman–Crippen MR) is 353 cm³/mol. The van der Waals surface area contributed by atoms with Crippen LogP contribution in [0.5, 0.6) is 0 Å². The summed E-state index contributed by atoms with van der Waals surface area (Å²) in [6.07, 6.45) is 0.